The lowest BCUT2D eigenvalue weighted by atomic mass is 9.96. The molecule has 18 heavy (non-hydrogen) atoms. The smallest absolute Gasteiger partial charge is 0.239 e. The summed E-state index contributed by atoms with van der Waals surface area (Å²) in [6.07, 6.45) is 2.10. The third-order valence-corrected chi connectivity index (χ3v) is 2.97. The van der Waals surface area contributed by atoms with Crippen molar-refractivity contribution in [1.29, 1.82) is 0 Å². The average Bonchev–Trinajstić information content (AvgIpc) is 2.34. The van der Waals surface area contributed by atoms with Crippen LogP contribution in [0, 0.1) is 5.92 Å². The zero-order valence-electron chi connectivity index (χ0n) is 9.60. The van der Waals surface area contributed by atoms with E-state index in [4.69, 9.17) is 12.2 Å². The third kappa shape index (κ3) is 2.62. The fourth-order valence-electron chi connectivity index (χ4n) is 1.76. The number of hydrogen-bond acceptors (Lipinski definition) is 3. The standard InChI is InChI=1S/C13H12N2O2S/c1-2-8-3-5-9(6-4-8)7-10-11(16)14-13(18)15-12(10)17/h2-6,10H,1,7H2,(H2,14,15,16,17,18). The van der Waals surface area contributed by atoms with Crippen LogP contribution in [0.15, 0.2) is 30.8 Å². The first kappa shape index (κ1) is 12.4. The van der Waals surface area contributed by atoms with Crippen molar-refractivity contribution in [3.8, 4) is 0 Å². The normalized spacial score (nSPS) is 16.1. The van der Waals surface area contributed by atoms with E-state index in [-0.39, 0.29) is 16.9 Å². The summed E-state index contributed by atoms with van der Waals surface area (Å²) >= 11 is 4.74. The van der Waals surface area contributed by atoms with Crippen LogP contribution in [-0.2, 0) is 16.0 Å². The van der Waals surface area contributed by atoms with Crippen molar-refractivity contribution in [1.82, 2.24) is 10.6 Å². The molecule has 4 nitrogen and oxygen atoms in total. The van der Waals surface area contributed by atoms with Crippen LogP contribution < -0.4 is 10.6 Å². The van der Waals surface area contributed by atoms with Crippen LogP contribution in [-0.4, -0.2) is 16.9 Å². The van der Waals surface area contributed by atoms with Crippen LogP contribution in [0.4, 0.5) is 0 Å². The first-order chi connectivity index (χ1) is 8.60. The minimum atomic E-state index is -0.730. The Bertz CT molecular complexity index is 502. The van der Waals surface area contributed by atoms with Crippen molar-refractivity contribution in [2.24, 2.45) is 5.92 Å². The second kappa shape index (κ2) is 5.10. The van der Waals surface area contributed by atoms with Gasteiger partial charge in [-0.15, -0.1) is 0 Å². The van der Waals surface area contributed by atoms with Gasteiger partial charge in [-0.3, -0.25) is 9.59 Å². The molecule has 0 aliphatic carbocycles. The van der Waals surface area contributed by atoms with E-state index >= 15 is 0 Å². The highest BCUT2D eigenvalue weighted by atomic mass is 32.1. The van der Waals surface area contributed by atoms with Gasteiger partial charge in [0, 0.05) is 0 Å². The van der Waals surface area contributed by atoms with Gasteiger partial charge in [0.25, 0.3) is 0 Å². The molecule has 0 atom stereocenters. The van der Waals surface area contributed by atoms with Crippen molar-refractivity contribution in [2.45, 2.75) is 6.42 Å². The van der Waals surface area contributed by atoms with Crippen molar-refractivity contribution in [3.63, 3.8) is 0 Å². The maximum Gasteiger partial charge on any atom is 0.239 e. The highest BCUT2D eigenvalue weighted by Crippen LogP contribution is 2.13. The maximum atomic E-state index is 11.7. The van der Waals surface area contributed by atoms with E-state index < -0.39 is 5.92 Å². The molecule has 2 N–H and O–H groups in total. The maximum absolute atomic E-state index is 11.7. The number of hydrogen-bond donors (Lipinski definition) is 2. The summed E-state index contributed by atoms with van der Waals surface area (Å²) in [7, 11) is 0. The molecule has 1 heterocycles. The van der Waals surface area contributed by atoms with Crippen molar-refractivity contribution in [3.05, 3.63) is 42.0 Å². The van der Waals surface area contributed by atoms with Crippen LogP contribution in [0.1, 0.15) is 11.1 Å². The van der Waals surface area contributed by atoms with Gasteiger partial charge in [-0.25, -0.2) is 0 Å². The van der Waals surface area contributed by atoms with E-state index in [0.29, 0.717) is 6.42 Å². The van der Waals surface area contributed by atoms with E-state index in [9.17, 15) is 9.59 Å². The Morgan fingerprint density at radius 2 is 1.72 bits per heavy atom. The first-order valence-electron chi connectivity index (χ1n) is 5.47. The molecule has 1 aromatic carbocycles. The molecule has 92 valence electrons. The van der Waals surface area contributed by atoms with Crippen molar-refractivity contribution >= 4 is 35.2 Å². The predicted molar refractivity (Wildman–Crippen MR) is 72.6 cm³/mol. The lowest BCUT2D eigenvalue weighted by molar-refractivity contribution is -0.135. The Labute approximate surface area is 110 Å². The molecule has 0 spiro atoms. The molecule has 1 aromatic rings. The molecule has 2 rings (SSSR count). The summed E-state index contributed by atoms with van der Waals surface area (Å²) in [4.78, 5) is 23.3. The summed E-state index contributed by atoms with van der Waals surface area (Å²) < 4.78 is 0. The molecule has 2 amide bonds. The number of benzene rings is 1. The van der Waals surface area contributed by atoms with Gasteiger partial charge in [-0.1, -0.05) is 36.9 Å². The quantitative estimate of drug-likeness (QED) is 0.630. The lowest BCUT2D eigenvalue weighted by Gasteiger charge is -2.22. The number of nitrogens with one attached hydrogen (secondary N) is 2. The molecule has 0 radical (unpaired) electrons. The van der Waals surface area contributed by atoms with Crippen LogP contribution in [0.2, 0.25) is 0 Å². The number of carbonyl (C=O) groups excluding carboxylic acids is 2. The first-order valence-corrected chi connectivity index (χ1v) is 5.88. The van der Waals surface area contributed by atoms with Gasteiger partial charge in [0.15, 0.2) is 5.11 Å². The van der Waals surface area contributed by atoms with Gasteiger partial charge < -0.3 is 10.6 Å². The molecule has 0 saturated carbocycles. The van der Waals surface area contributed by atoms with E-state index in [0.717, 1.165) is 11.1 Å². The molecule has 1 fully saturated rings. The predicted octanol–water partition coefficient (Wildman–Crippen LogP) is 1.02. The molecular formula is C13H12N2O2S. The number of rotatable bonds is 3. The summed E-state index contributed by atoms with van der Waals surface area (Å²) in [5.74, 6) is -1.43. The van der Waals surface area contributed by atoms with Crippen LogP contribution in [0.25, 0.3) is 6.08 Å². The zero-order valence-corrected chi connectivity index (χ0v) is 10.4. The van der Waals surface area contributed by atoms with E-state index in [2.05, 4.69) is 17.2 Å². The van der Waals surface area contributed by atoms with E-state index in [1.54, 1.807) is 6.08 Å². The van der Waals surface area contributed by atoms with Gasteiger partial charge in [0.05, 0.1) is 0 Å². The Balaban J connectivity index is 2.12. The summed E-state index contributed by atoms with van der Waals surface area (Å²) in [5, 5.41) is 4.97. The monoisotopic (exact) mass is 260 g/mol. The average molecular weight is 260 g/mol. The molecule has 1 aliphatic rings. The summed E-state index contributed by atoms with van der Waals surface area (Å²) in [5.41, 5.74) is 1.92. The lowest BCUT2D eigenvalue weighted by Crippen LogP contribution is -2.56. The van der Waals surface area contributed by atoms with E-state index in [1.807, 2.05) is 24.3 Å². The molecule has 5 heteroatoms. The molecule has 0 aromatic heterocycles. The molecule has 0 bridgehead atoms. The number of amides is 2. The highest BCUT2D eigenvalue weighted by molar-refractivity contribution is 7.80. The SMILES string of the molecule is C=Cc1ccc(CC2C(=O)NC(=S)NC2=O)cc1. The fraction of sp³-hybridized carbons (Fsp3) is 0.154. The minimum Gasteiger partial charge on any atom is -0.302 e. The number of carbonyl (C=O) groups is 2. The van der Waals surface area contributed by atoms with E-state index in [1.165, 1.54) is 0 Å². The number of thiocarbonyl (C=S) groups is 1. The highest BCUT2D eigenvalue weighted by Gasteiger charge is 2.32. The van der Waals surface area contributed by atoms with Crippen LogP contribution in [0.3, 0.4) is 0 Å². The largest absolute Gasteiger partial charge is 0.302 e. The zero-order chi connectivity index (χ0) is 13.1. The second-order valence-corrected chi connectivity index (χ2v) is 4.42. The topological polar surface area (TPSA) is 58.2 Å². The Kier molecular flexibility index (Phi) is 3.53. The molecule has 1 aliphatic heterocycles. The van der Waals surface area contributed by atoms with Gasteiger partial charge in [0.2, 0.25) is 11.8 Å². The van der Waals surface area contributed by atoms with Crippen molar-refractivity contribution in [2.75, 3.05) is 0 Å². The minimum absolute atomic E-state index is 0.0725. The Morgan fingerprint density at radius 1 is 1.17 bits per heavy atom. The third-order valence-electron chi connectivity index (χ3n) is 2.76. The van der Waals surface area contributed by atoms with Gasteiger partial charge in [-0.05, 0) is 29.8 Å². The Morgan fingerprint density at radius 3 is 2.22 bits per heavy atom. The second-order valence-electron chi connectivity index (χ2n) is 4.01. The van der Waals surface area contributed by atoms with Crippen LogP contribution >= 0.6 is 12.2 Å². The van der Waals surface area contributed by atoms with Crippen LogP contribution in [0.5, 0.6) is 0 Å². The van der Waals surface area contributed by atoms with Crippen molar-refractivity contribution < 1.29 is 9.59 Å². The fourth-order valence-corrected chi connectivity index (χ4v) is 1.96. The molecular weight excluding hydrogens is 248 g/mol. The Hall–Kier alpha value is -2.01. The van der Waals surface area contributed by atoms with Gasteiger partial charge in [-0.2, -0.15) is 0 Å². The summed E-state index contributed by atoms with van der Waals surface area (Å²) in [6.45, 7) is 3.67. The summed E-state index contributed by atoms with van der Waals surface area (Å²) in [6, 6.07) is 7.55. The van der Waals surface area contributed by atoms with Gasteiger partial charge in [0.1, 0.15) is 5.92 Å². The molecule has 1 saturated heterocycles. The van der Waals surface area contributed by atoms with Gasteiger partial charge >= 0.3 is 0 Å². The molecule has 0 unspecified atom stereocenters.